The molecule has 0 fully saturated rings. The van der Waals surface area contributed by atoms with Gasteiger partial charge in [-0.15, -0.1) is 0 Å². The Morgan fingerprint density at radius 2 is 2.00 bits per heavy atom. The van der Waals surface area contributed by atoms with Gasteiger partial charge in [0.2, 0.25) is 4.69 Å². The van der Waals surface area contributed by atoms with Gasteiger partial charge in [-0.1, -0.05) is 0 Å². The molecule has 0 saturated heterocycles. The summed E-state index contributed by atoms with van der Waals surface area (Å²) in [6, 6.07) is 0. The summed E-state index contributed by atoms with van der Waals surface area (Å²) in [5.41, 5.74) is 0. The summed E-state index contributed by atoms with van der Waals surface area (Å²) in [5.74, 6) is -0.449. The van der Waals surface area contributed by atoms with Crippen LogP contribution in [0, 0.1) is 0 Å². The van der Waals surface area contributed by atoms with Crippen molar-refractivity contribution < 1.29 is 14.3 Å². The molecular weight excluding hydrogens is 188 g/mol. The summed E-state index contributed by atoms with van der Waals surface area (Å²) in [7, 11) is 0. The molecule has 0 radical (unpaired) electrons. The van der Waals surface area contributed by atoms with Gasteiger partial charge in [-0.05, 0) is 22.9 Å². The van der Waals surface area contributed by atoms with Crippen LogP contribution in [0.1, 0.15) is 13.8 Å². The Labute approximate surface area is 61.5 Å². The van der Waals surface area contributed by atoms with Crippen molar-refractivity contribution in [1.29, 1.82) is 0 Å². The van der Waals surface area contributed by atoms with E-state index < -0.39 is 12.1 Å². The second kappa shape index (κ2) is 3.61. The SMILES string of the molecule is CC(=O)OC(C)C(=O)Br. The van der Waals surface area contributed by atoms with Gasteiger partial charge in [0.15, 0.2) is 6.10 Å². The molecule has 0 aliphatic rings. The number of esters is 1. The largest absolute Gasteiger partial charge is 0.454 e. The molecule has 1 atom stereocenters. The first kappa shape index (κ1) is 8.62. The zero-order valence-corrected chi connectivity index (χ0v) is 6.77. The number of carbonyl (C=O) groups is 2. The minimum absolute atomic E-state index is 0.322. The summed E-state index contributed by atoms with van der Waals surface area (Å²) < 4.78 is 4.15. The van der Waals surface area contributed by atoms with Crippen LogP contribution in [0.15, 0.2) is 0 Å². The molecule has 0 amide bonds. The molecule has 3 nitrogen and oxygen atoms in total. The first-order valence-electron chi connectivity index (χ1n) is 2.40. The lowest BCUT2D eigenvalue weighted by Crippen LogP contribution is -2.17. The van der Waals surface area contributed by atoms with Crippen molar-refractivity contribution in [3.63, 3.8) is 0 Å². The smallest absolute Gasteiger partial charge is 0.303 e. The zero-order valence-electron chi connectivity index (χ0n) is 5.18. The molecule has 0 aliphatic heterocycles. The molecule has 0 saturated carbocycles. The Kier molecular flexibility index (Phi) is 3.46. The minimum atomic E-state index is -0.678. The standard InChI is InChI=1S/C5H7BrO3/c1-3(5(6)8)9-4(2)7/h3H,1-2H3. The van der Waals surface area contributed by atoms with E-state index in [1.165, 1.54) is 13.8 Å². The second-order valence-corrected chi connectivity index (χ2v) is 2.34. The molecule has 0 heterocycles. The number of hydrogen-bond donors (Lipinski definition) is 0. The number of hydrogen-bond acceptors (Lipinski definition) is 3. The van der Waals surface area contributed by atoms with Gasteiger partial charge in [0.05, 0.1) is 0 Å². The van der Waals surface area contributed by atoms with Crippen LogP contribution in [0.5, 0.6) is 0 Å². The van der Waals surface area contributed by atoms with Crippen LogP contribution in [0.2, 0.25) is 0 Å². The highest BCUT2D eigenvalue weighted by atomic mass is 79.9. The monoisotopic (exact) mass is 194 g/mol. The molecule has 0 rings (SSSR count). The van der Waals surface area contributed by atoms with Crippen LogP contribution < -0.4 is 0 Å². The van der Waals surface area contributed by atoms with Gasteiger partial charge in [-0.25, -0.2) is 0 Å². The molecule has 52 valence electrons. The molecule has 0 N–H and O–H groups in total. The number of ether oxygens (including phenoxy) is 1. The lowest BCUT2D eigenvalue weighted by molar-refractivity contribution is -0.149. The van der Waals surface area contributed by atoms with E-state index in [1.54, 1.807) is 0 Å². The normalized spacial score (nSPS) is 12.3. The minimum Gasteiger partial charge on any atom is -0.454 e. The lowest BCUT2D eigenvalue weighted by Gasteiger charge is -2.04. The average Bonchev–Trinajstić information content (AvgIpc) is 1.63. The Balaban J connectivity index is 3.63. The predicted molar refractivity (Wildman–Crippen MR) is 35.2 cm³/mol. The first-order chi connectivity index (χ1) is 4.04. The molecule has 4 heteroatoms. The molecule has 0 bridgehead atoms. The van der Waals surface area contributed by atoms with Crippen molar-refractivity contribution in [1.82, 2.24) is 0 Å². The van der Waals surface area contributed by atoms with Crippen LogP contribution in [-0.4, -0.2) is 16.8 Å². The average molecular weight is 195 g/mol. The van der Waals surface area contributed by atoms with Gasteiger partial charge in [0.25, 0.3) is 0 Å². The highest BCUT2D eigenvalue weighted by molar-refractivity contribution is 9.18. The molecule has 9 heavy (non-hydrogen) atoms. The predicted octanol–water partition coefficient (Wildman–Crippen LogP) is 0.860. The summed E-state index contributed by atoms with van der Waals surface area (Å²) in [6.45, 7) is 2.75. The fourth-order valence-electron chi connectivity index (χ4n) is 0.295. The van der Waals surface area contributed by atoms with E-state index in [0.29, 0.717) is 0 Å². The quantitative estimate of drug-likeness (QED) is 0.484. The molecule has 0 aromatic heterocycles. The molecular formula is C5H7BrO3. The third kappa shape index (κ3) is 4.14. The maximum absolute atomic E-state index is 10.3. The third-order valence-corrected chi connectivity index (χ3v) is 1.31. The maximum atomic E-state index is 10.3. The van der Waals surface area contributed by atoms with Crippen molar-refractivity contribution >= 4 is 26.6 Å². The lowest BCUT2D eigenvalue weighted by atomic mass is 10.5. The van der Waals surface area contributed by atoms with Crippen molar-refractivity contribution in [2.24, 2.45) is 0 Å². The maximum Gasteiger partial charge on any atom is 0.303 e. The Morgan fingerprint density at radius 1 is 1.56 bits per heavy atom. The van der Waals surface area contributed by atoms with Crippen molar-refractivity contribution in [3.8, 4) is 0 Å². The number of halogens is 1. The zero-order chi connectivity index (χ0) is 7.44. The Morgan fingerprint density at radius 3 is 2.11 bits per heavy atom. The van der Waals surface area contributed by atoms with Crippen LogP contribution in [0.25, 0.3) is 0 Å². The van der Waals surface area contributed by atoms with Gasteiger partial charge in [-0.2, -0.15) is 0 Å². The van der Waals surface area contributed by atoms with E-state index in [1.807, 2.05) is 0 Å². The molecule has 0 spiro atoms. The fourth-order valence-corrected chi connectivity index (χ4v) is 0.389. The summed E-state index contributed by atoms with van der Waals surface area (Å²) >= 11 is 2.65. The van der Waals surface area contributed by atoms with Crippen LogP contribution >= 0.6 is 15.9 Å². The van der Waals surface area contributed by atoms with E-state index in [-0.39, 0.29) is 4.69 Å². The van der Waals surface area contributed by atoms with E-state index in [4.69, 9.17) is 0 Å². The van der Waals surface area contributed by atoms with Crippen LogP contribution in [0.3, 0.4) is 0 Å². The molecule has 1 unspecified atom stereocenters. The summed E-state index contributed by atoms with van der Waals surface area (Å²) in [4.78, 5) is 20.5. The highest BCUT2D eigenvalue weighted by Gasteiger charge is 2.10. The molecule has 0 aromatic carbocycles. The Hall–Kier alpha value is -0.380. The summed E-state index contributed by atoms with van der Waals surface area (Å²) in [5, 5.41) is 0. The number of rotatable bonds is 2. The highest BCUT2D eigenvalue weighted by Crippen LogP contribution is 1.97. The van der Waals surface area contributed by atoms with E-state index in [9.17, 15) is 9.59 Å². The van der Waals surface area contributed by atoms with E-state index in [2.05, 4.69) is 20.7 Å². The van der Waals surface area contributed by atoms with Gasteiger partial charge in [0.1, 0.15) is 0 Å². The van der Waals surface area contributed by atoms with Gasteiger partial charge in [-0.3, -0.25) is 9.59 Å². The Bertz CT molecular complexity index is 132. The molecule has 0 aliphatic carbocycles. The van der Waals surface area contributed by atoms with Gasteiger partial charge in [0, 0.05) is 6.92 Å². The summed E-state index contributed by atoms with van der Waals surface area (Å²) in [6.07, 6.45) is -0.678. The van der Waals surface area contributed by atoms with Crippen LogP contribution in [-0.2, 0) is 14.3 Å². The topological polar surface area (TPSA) is 43.4 Å². The molecule has 0 aromatic rings. The first-order valence-corrected chi connectivity index (χ1v) is 3.20. The third-order valence-electron chi connectivity index (χ3n) is 0.662. The second-order valence-electron chi connectivity index (χ2n) is 1.56. The van der Waals surface area contributed by atoms with Crippen molar-refractivity contribution in [2.45, 2.75) is 20.0 Å². The van der Waals surface area contributed by atoms with Gasteiger partial charge >= 0.3 is 5.97 Å². The fraction of sp³-hybridized carbons (Fsp3) is 0.600. The van der Waals surface area contributed by atoms with E-state index in [0.717, 1.165) is 0 Å². The van der Waals surface area contributed by atoms with Crippen LogP contribution in [0.4, 0.5) is 0 Å². The van der Waals surface area contributed by atoms with Gasteiger partial charge < -0.3 is 4.74 Å². The van der Waals surface area contributed by atoms with E-state index >= 15 is 0 Å². The number of carbonyl (C=O) groups excluding carboxylic acids is 2. The van der Waals surface area contributed by atoms with Crippen molar-refractivity contribution in [2.75, 3.05) is 0 Å². The van der Waals surface area contributed by atoms with Crippen molar-refractivity contribution in [3.05, 3.63) is 0 Å².